The summed E-state index contributed by atoms with van der Waals surface area (Å²) >= 11 is 5.55. The number of ether oxygens (including phenoxy) is 2. The van der Waals surface area contributed by atoms with Crippen molar-refractivity contribution in [3.8, 4) is 0 Å². The Balaban J connectivity index is 2.07. The highest BCUT2D eigenvalue weighted by Gasteiger charge is 2.39. The molecule has 0 aromatic carbocycles. The quantitative estimate of drug-likeness (QED) is 0.541. The van der Waals surface area contributed by atoms with Gasteiger partial charge in [-0.3, -0.25) is 9.69 Å². The Kier molecular flexibility index (Phi) is 7.55. The van der Waals surface area contributed by atoms with E-state index < -0.39 is 5.60 Å². The first kappa shape index (κ1) is 21.3. The van der Waals surface area contributed by atoms with E-state index in [2.05, 4.69) is 16.7 Å². The van der Waals surface area contributed by atoms with Crippen molar-refractivity contribution >= 4 is 23.7 Å². The van der Waals surface area contributed by atoms with Crippen LogP contribution in [-0.4, -0.2) is 90.3 Å². The lowest BCUT2D eigenvalue weighted by Gasteiger charge is -2.45. The molecule has 0 spiro atoms. The van der Waals surface area contributed by atoms with Crippen LogP contribution in [0, 0.1) is 5.92 Å². The number of rotatable bonds is 4. The van der Waals surface area contributed by atoms with Crippen molar-refractivity contribution in [2.45, 2.75) is 45.8 Å². The van der Waals surface area contributed by atoms with Crippen LogP contribution < -0.4 is 0 Å². The third kappa shape index (κ3) is 5.99. The zero-order valence-electron chi connectivity index (χ0n) is 16.4. The number of carbonyl (C=O) groups excluding carboxylic acids is 2. The Morgan fingerprint density at radius 3 is 2.31 bits per heavy atom. The van der Waals surface area contributed by atoms with Gasteiger partial charge in [-0.25, -0.2) is 4.79 Å². The molecular formula is C18H32ClN3O4. The van der Waals surface area contributed by atoms with Crippen molar-refractivity contribution in [2.75, 3.05) is 51.9 Å². The summed E-state index contributed by atoms with van der Waals surface area (Å²) in [6.07, 6.45) is 0.305. The summed E-state index contributed by atoms with van der Waals surface area (Å²) in [5, 5.41) is 0. The number of esters is 1. The first-order chi connectivity index (χ1) is 12.2. The Bertz CT molecular complexity index is 489. The molecule has 2 unspecified atom stereocenters. The number of piperazine rings is 1. The van der Waals surface area contributed by atoms with Crippen LogP contribution in [0.25, 0.3) is 0 Å². The Morgan fingerprint density at radius 2 is 1.77 bits per heavy atom. The van der Waals surface area contributed by atoms with E-state index in [1.807, 2.05) is 20.8 Å². The minimum atomic E-state index is -0.567. The summed E-state index contributed by atoms with van der Waals surface area (Å²) < 4.78 is 10.5. The SMILES string of the molecule is CCN1CCN(C2CC(C(=O)OCCl)CN(C(=O)OC(C)(C)C)C2)CC1. The van der Waals surface area contributed by atoms with Crippen LogP contribution >= 0.6 is 11.6 Å². The van der Waals surface area contributed by atoms with Crippen LogP contribution in [0.15, 0.2) is 0 Å². The number of hydrogen-bond acceptors (Lipinski definition) is 6. The fraction of sp³-hybridized carbons (Fsp3) is 0.889. The molecule has 150 valence electrons. The maximum atomic E-state index is 12.6. The highest BCUT2D eigenvalue weighted by molar-refractivity contribution is 6.17. The van der Waals surface area contributed by atoms with Gasteiger partial charge in [0.15, 0.2) is 6.07 Å². The predicted octanol–water partition coefficient (Wildman–Crippen LogP) is 1.99. The van der Waals surface area contributed by atoms with Crippen LogP contribution in [0.5, 0.6) is 0 Å². The van der Waals surface area contributed by atoms with E-state index >= 15 is 0 Å². The maximum absolute atomic E-state index is 12.6. The van der Waals surface area contributed by atoms with Crippen LogP contribution in [0.3, 0.4) is 0 Å². The van der Waals surface area contributed by atoms with Crippen molar-refractivity contribution in [3.05, 3.63) is 0 Å². The molecule has 0 radical (unpaired) electrons. The van der Waals surface area contributed by atoms with Crippen LogP contribution in [0.1, 0.15) is 34.1 Å². The molecule has 2 fully saturated rings. The normalized spacial score (nSPS) is 25.8. The molecule has 2 aliphatic heterocycles. The molecule has 0 saturated carbocycles. The van der Waals surface area contributed by atoms with E-state index in [9.17, 15) is 9.59 Å². The lowest BCUT2D eigenvalue weighted by atomic mass is 9.93. The first-order valence-electron chi connectivity index (χ1n) is 9.40. The third-order valence-corrected chi connectivity index (χ3v) is 5.09. The number of nitrogens with zero attached hydrogens (tertiary/aromatic N) is 3. The Hall–Kier alpha value is -1.05. The van der Waals surface area contributed by atoms with Gasteiger partial charge in [-0.15, -0.1) is 0 Å². The Morgan fingerprint density at radius 1 is 1.12 bits per heavy atom. The van der Waals surface area contributed by atoms with Gasteiger partial charge in [0, 0.05) is 45.3 Å². The zero-order valence-corrected chi connectivity index (χ0v) is 17.1. The predicted molar refractivity (Wildman–Crippen MR) is 100 cm³/mol. The molecular weight excluding hydrogens is 358 g/mol. The van der Waals surface area contributed by atoms with E-state index in [0.29, 0.717) is 19.5 Å². The lowest BCUT2D eigenvalue weighted by Crippen LogP contribution is -2.58. The summed E-state index contributed by atoms with van der Waals surface area (Å²) in [5.74, 6) is -0.713. The number of amides is 1. The smallest absolute Gasteiger partial charge is 0.410 e. The summed E-state index contributed by atoms with van der Waals surface area (Å²) in [4.78, 5) is 31.3. The van der Waals surface area contributed by atoms with E-state index in [0.717, 1.165) is 32.7 Å². The second kappa shape index (κ2) is 9.24. The van der Waals surface area contributed by atoms with Crippen molar-refractivity contribution in [1.82, 2.24) is 14.7 Å². The number of hydrogen-bond donors (Lipinski definition) is 0. The van der Waals surface area contributed by atoms with Crippen LogP contribution in [0.2, 0.25) is 0 Å². The molecule has 0 aromatic rings. The van der Waals surface area contributed by atoms with Gasteiger partial charge in [-0.1, -0.05) is 18.5 Å². The van der Waals surface area contributed by atoms with Gasteiger partial charge in [-0.05, 0) is 33.7 Å². The summed E-state index contributed by atoms with van der Waals surface area (Å²) in [7, 11) is 0. The second-order valence-electron chi connectivity index (χ2n) is 8.01. The number of likely N-dealkylation sites (tertiary alicyclic amines) is 1. The molecule has 7 nitrogen and oxygen atoms in total. The molecule has 8 heteroatoms. The fourth-order valence-electron chi connectivity index (χ4n) is 3.60. The summed E-state index contributed by atoms with van der Waals surface area (Å²) in [6.45, 7) is 13.5. The zero-order chi connectivity index (χ0) is 19.3. The Labute approximate surface area is 161 Å². The van der Waals surface area contributed by atoms with E-state index in [4.69, 9.17) is 21.1 Å². The molecule has 1 amide bonds. The number of alkyl halides is 1. The van der Waals surface area contributed by atoms with Gasteiger partial charge in [0.2, 0.25) is 0 Å². The molecule has 2 heterocycles. The van der Waals surface area contributed by atoms with Gasteiger partial charge < -0.3 is 19.3 Å². The first-order valence-corrected chi connectivity index (χ1v) is 9.94. The fourth-order valence-corrected chi connectivity index (χ4v) is 3.71. The average molecular weight is 390 g/mol. The van der Waals surface area contributed by atoms with E-state index in [-0.39, 0.29) is 30.1 Å². The highest BCUT2D eigenvalue weighted by Crippen LogP contribution is 2.25. The van der Waals surface area contributed by atoms with Gasteiger partial charge >= 0.3 is 12.1 Å². The van der Waals surface area contributed by atoms with Gasteiger partial charge in [-0.2, -0.15) is 0 Å². The third-order valence-electron chi connectivity index (χ3n) is 4.98. The molecule has 0 bridgehead atoms. The van der Waals surface area contributed by atoms with Gasteiger partial charge in [0.05, 0.1) is 5.92 Å². The number of piperidine rings is 1. The van der Waals surface area contributed by atoms with E-state index in [1.165, 1.54) is 0 Å². The molecule has 0 aliphatic carbocycles. The van der Waals surface area contributed by atoms with Crippen molar-refractivity contribution in [1.29, 1.82) is 0 Å². The number of likely N-dealkylation sites (N-methyl/N-ethyl adjacent to an activating group) is 1. The molecule has 2 aliphatic rings. The van der Waals surface area contributed by atoms with Gasteiger partial charge in [0.25, 0.3) is 0 Å². The monoisotopic (exact) mass is 389 g/mol. The standard InChI is InChI=1S/C18H32ClN3O4/c1-5-20-6-8-21(9-7-20)15-10-14(16(23)25-13-19)11-22(12-15)17(24)26-18(2,3)4/h14-15H,5-13H2,1-4H3. The van der Waals surface area contributed by atoms with Gasteiger partial charge in [0.1, 0.15) is 5.60 Å². The lowest BCUT2D eigenvalue weighted by molar-refractivity contribution is -0.149. The molecule has 2 saturated heterocycles. The highest BCUT2D eigenvalue weighted by atomic mass is 35.5. The molecule has 26 heavy (non-hydrogen) atoms. The summed E-state index contributed by atoms with van der Waals surface area (Å²) in [5.41, 5.74) is -0.567. The number of carbonyl (C=O) groups is 2. The molecule has 2 rings (SSSR count). The van der Waals surface area contributed by atoms with E-state index in [1.54, 1.807) is 4.90 Å². The topological polar surface area (TPSA) is 62.3 Å². The molecule has 0 N–H and O–H groups in total. The molecule has 2 atom stereocenters. The largest absolute Gasteiger partial charge is 0.449 e. The summed E-state index contributed by atoms with van der Waals surface area (Å²) in [6, 6.07) is -0.0372. The van der Waals surface area contributed by atoms with Crippen LogP contribution in [0.4, 0.5) is 4.79 Å². The van der Waals surface area contributed by atoms with Crippen molar-refractivity contribution in [2.24, 2.45) is 5.92 Å². The van der Waals surface area contributed by atoms with Crippen LogP contribution in [-0.2, 0) is 14.3 Å². The van der Waals surface area contributed by atoms with Crippen molar-refractivity contribution < 1.29 is 19.1 Å². The number of halogens is 1. The molecule has 0 aromatic heterocycles. The second-order valence-corrected chi connectivity index (χ2v) is 8.23. The minimum Gasteiger partial charge on any atom is -0.449 e. The maximum Gasteiger partial charge on any atom is 0.410 e. The minimum absolute atomic E-state index is 0.128. The average Bonchev–Trinajstić information content (AvgIpc) is 2.60. The van der Waals surface area contributed by atoms with Crippen molar-refractivity contribution in [3.63, 3.8) is 0 Å².